The van der Waals surface area contributed by atoms with Gasteiger partial charge in [0.2, 0.25) is 5.91 Å². The summed E-state index contributed by atoms with van der Waals surface area (Å²) < 4.78 is 20.2. The first kappa shape index (κ1) is 22.7. The van der Waals surface area contributed by atoms with Crippen LogP contribution < -0.4 is 15.4 Å². The monoisotopic (exact) mass is 501 g/mol. The molecule has 2 aromatic carbocycles. The minimum Gasteiger partial charge on any atom is -0.495 e. The summed E-state index contributed by atoms with van der Waals surface area (Å²) in [6, 6.07) is 6.95. The van der Waals surface area contributed by atoms with Crippen molar-refractivity contribution in [2.75, 3.05) is 30.8 Å². The van der Waals surface area contributed by atoms with Gasteiger partial charge in [-0.1, -0.05) is 29.8 Å². The summed E-state index contributed by atoms with van der Waals surface area (Å²) in [6.07, 6.45) is 3.83. The van der Waals surface area contributed by atoms with E-state index in [1.54, 1.807) is 7.11 Å². The van der Waals surface area contributed by atoms with Crippen molar-refractivity contribution in [1.82, 2.24) is 14.9 Å². The zero-order valence-corrected chi connectivity index (χ0v) is 19.8. The highest BCUT2D eigenvalue weighted by atomic mass is 35.5. The van der Waals surface area contributed by atoms with E-state index in [9.17, 15) is 9.18 Å². The third-order valence-corrected chi connectivity index (χ3v) is 7.37. The molecule has 2 bridgehead atoms. The molecule has 7 nitrogen and oxygen atoms in total. The average molecular weight is 502 g/mol. The maximum absolute atomic E-state index is 14.6. The van der Waals surface area contributed by atoms with Gasteiger partial charge >= 0.3 is 0 Å². The van der Waals surface area contributed by atoms with Crippen LogP contribution in [0.2, 0.25) is 10.0 Å². The number of amides is 1. The number of ether oxygens (including phenoxy) is 1. The molecule has 3 fully saturated rings. The second-order valence-electron chi connectivity index (χ2n) is 8.51. The van der Waals surface area contributed by atoms with Gasteiger partial charge in [0.25, 0.3) is 0 Å². The molecule has 1 saturated carbocycles. The Hall–Kier alpha value is -3.10. The van der Waals surface area contributed by atoms with Crippen LogP contribution in [0.15, 0.2) is 43.2 Å². The van der Waals surface area contributed by atoms with Crippen molar-refractivity contribution >= 4 is 57.2 Å². The molecule has 1 aromatic heterocycles. The number of nitrogens with one attached hydrogen (secondary N) is 2. The number of carbonyl (C=O) groups excluding carboxylic acids is 1. The molecule has 1 aliphatic carbocycles. The molecule has 2 N–H and O–H groups in total. The van der Waals surface area contributed by atoms with Gasteiger partial charge in [-0.05, 0) is 42.5 Å². The van der Waals surface area contributed by atoms with Crippen molar-refractivity contribution in [3.05, 3.63) is 59.1 Å². The van der Waals surface area contributed by atoms with Gasteiger partial charge < -0.3 is 20.3 Å². The van der Waals surface area contributed by atoms with Crippen LogP contribution in [0.1, 0.15) is 6.42 Å². The van der Waals surface area contributed by atoms with Gasteiger partial charge in [0.05, 0.1) is 34.0 Å². The third kappa shape index (κ3) is 3.91. The van der Waals surface area contributed by atoms with Crippen molar-refractivity contribution in [1.29, 1.82) is 0 Å². The van der Waals surface area contributed by atoms with Crippen LogP contribution in [0.5, 0.6) is 5.75 Å². The Morgan fingerprint density at radius 1 is 1.24 bits per heavy atom. The van der Waals surface area contributed by atoms with Crippen molar-refractivity contribution in [2.45, 2.75) is 12.5 Å². The number of hydrogen-bond donors (Lipinski definition) is 2. The van der Waals surface area contributed by atoms with E-state index < -0.39 is 5.82 Å². The molecule has 2 saturated heterocycles. The fourth-order valence-corrected chi connectivity index (χ4v) is 5.14. The lowest BCUT2D eigenvalue weighted by molar-refractivity contribution is -0.132. The molecule has 0 spiro atoms. The molecule has 6 rings (SSSR count). The number of anilines is 3. The first-order valence-corrected chi connectivity index (χ1v) is 11.6. The van der Waals surface area contributed by atoms with Crippen LogP contribution in [0.3, 0.4) is 0 Å². The number of nitrogens with zero attached hydrogens (tertiary/aromatic N) is 3. The van der Waals surface area contributed by atoms with Crippen molar-refractivity contribution in [3.8, 4) is 5.75 Å². The summed E-state index contributed by atoms with van der Waals surface area (Å²) >= 11 is 11.9. The van der Waals surface area contributed by atoms with Crippen molar-refractivity contribution in [3.63, 3.8) is 0 Å². The average Bonchev–Trinajstić information content (AvgIpc) is 2.86. The summed E-state index contributed by atoms with van der Waals surface area (Å²) in [5.41, 5.74) is 1.57. The third-order valence-electron chi connectivity index (χ3n) is 6.58. The van der Waals surface area contributed by atoms with Crippen LogP contribution in [0.4, 0.5) is 21.6 Å². The lowest BCUT2D eigenvalue weighted by Gasteiger charge is -2.53. The summed E-state index contributed by atoms with van der Waals surface area (Å²) in [4.78, 5) is 22.5. The summed E-state index contributed by atoms with van der Waals surface area (Å²) in [5.74, 6) is 1.06. The lowest BCUT2D eigenvalue weighted by atomic mass is 9.66. The Labute approximate surface area is 205 Å². The lowest BCUT2D eigenvalue weighted by Crippen LogP contribution is -2.62. The predicted octanol–water partition coefficient (Wildman–Crippen LogP) is 5.27. The molecule has 176 valence electrons. The Balaban J connectivity index is 1.45. The number of fused-ring (bicyclic) bond motifs is 3. The van der Waals surface area contributed by atoms with Gasteiger partial charge in [0.1, 0.15) is 17.9 Å². The number of benzene rings is 2. The van der Waals surface area contributed by atoms with E-state index >= 15 is 0 Å². The van der Waals surface area contributed by atoms with Crippen molar-refractivity contribution in [2.24, 2.45) is 11.8 Å². The number of methoxy groups -OCH3 is 1. The van der Waals surface area contributed by atoms with E-state index in [1.807, 2.05) is 17.0 Å². The number of halogens is 3. The molecule has 2 aliphatic heterocycles. The number of aromatic nitrogens is 2. The second-order valence-corrected chi connectivity index (χ2v) is 9.30. The summed E-state index contributed by atoms with van der Waals surface area (Å²) in [6.45, 7) is 4.98. The molecular formula is C24H22Cl2FN5O2. The Kier molecular flexibility index (Phi) is 5.95. The number of rotatable bonds is 6. The number of piperidine rings is 2. The first-order chi connectivity index (χ1) is 16.4. The Morgan fingerprint density at radius 3 is 2.71 bits per heavy atom. The molecule has 3 heterocycles. The molecule has 10 heteroatoms. The largest absolute Gasteiger partial charge is 0.495 e. The zero-order chi connectivity index (χ0) is 24.0. The standard InChI is InChI=1S/C24H22Cl2FN5O2/c1-3-20(33)32-9-12-6-13(10-32)23(12)30-18-7-14-17(8-19(18)34-2)28-11-29-24(14)31-16-5-4-15(25)21(26)22(16)27/h3-5,7-8,11-13,23,30H,1,6,9-10H2,2H3,(H,28,29,31)/t12-,13+,23?. The Bertz CT molecular complexity index is 1290. The quantitative estimate of drug-likeness (QED) is 0.353. The molecule has 3 aromatic rings. The fraction of sp³-hybridized carbons (Fsp3) is 0.292. The number of carbonyl (C=O) groups is 1. The van der Waals surface area contributed by atoms with E-state index in [-0.39, 0.29) is 27.7 Å². The Morgan fingerprint density at radius 2 is 2.00 bits per heavy atom. The van der Waals surface area contributed by atoms with E-state index in [1.165, 1.54) is 24.5 Å². The topological polar surface area (TPSA) is 79.4 Å². The highest BCUT2D eigenvalue weighted by Crippen LogP contribution is 2.44. The van der Waals surface area contributed by atoms with Crippen LogP contribution in [-0.2, 0) is 4.79 Å². The van der Waals surface area contributed by atoms with Gasteiger partial charge in [-0.2, -0.15) is 0 Å². The summed E-state index contributed by atoms with van der Waals surface area (Å²) in [5, 5.41) is 7.27. The maximum Gasteiger partial charge on any atom is 0.245 e. The summed E-state index contributed by atoms with van der Waals surface area (Å²) in [7, 11) is 1.60. The highest BCUT2D eigenvalue weighted by Gasteiger charge is 2.47. The minimum atomic E-state index is -0.659. The van der Waals surface area contributed by atoms with E-state index in [2.05, 4.69) is 27.2 Å². The van der Waals surface area contributed by atoms with E-state index in [0.717, 1.165) is 12.1 Å². The smallest absolute Gasteiger partial charge is 0.245 e. The zero-order valence-electron chi connectivity index (χ0n) is 18.3. The van der Waals surface area contributed by atoms with Crippen LogP contribution in [0.25, 0.3) is 10.9 Å². The molecular weight excluding hydrogens is 480 g/mol. The maximum atomic E-state index is 14.6. The van der Waals surface area contributed by atoms with Crippen LogP contribution >= 0.6 is 23.2 Å². The van der Waals surface area contributed by atoms with Crippen LogP contribution in [0, 0.1) is 17.7 Å². The van der Waals surface area contributed by atoms with E-state index in [4.69, 9.17) is 27.9 Å². The molecule has 3 aliphatic rings. The highest BCUT2D eigenvalue weighted by molar-refractivity contribution is 6.42. The van der Waals surface area contributed by atoms with Crippen molar-refractivity contribution < 1.29 is 13.9 Å². The normalized spacial score (nSPS) is 21.1. The van der Waals surface area contributed by atoms with Gasteiger partial charge in [-0.25, -0.2) is 14.4 Å². The fourth-order valence-electron chi connectivity index (χ4n) is 4.83. The molecule has 3 atom stereocenters. The van der Waals surface area contributed by atoms with Gasteiger partial charge in [0.15, 0.2) is 5.82 Å². The molecule has 1 amide bonds. The molecule has 34 heavy (non-hydrogen) atoms. The first-order valence-electron chi connectivity index (χ1n) is 10.8. The van der Waals surface area contributed by atoms with E-state index in [0.29, 0.717) is 47.4 Å². The van der Waals surface area contributed by atoms with Gasteiger partial charge in [0, 0.05) is 30.6 Å². The minimum absolute atomic E-state index is 0.0289. The molecule has 0 radical (unpaired) electrons. The predicted molar refractivity (Wildman–Crippen MR) is 132 cm³/mol. The number of hydrogen-bond acceptors (Lipinski definition) is 6. The SMILES string of the molecule is C=CC(=O)N1C[C@H]2C[C@@H](C1)C2Nc1cc2c(Nc3ccc(Cl)c(Cl)c3F)ncnc2cc1OC. The second kappa shape index (κ2) is 8.92. The van der Waals surface area contributed by atoms with Gasteiger partial charge in [-0.15, -0.1) is 0 Å². The van der Waals surface area contributed by atoms with Crippen LogP contribution in [-0.4, -0.2) is 47.0 Å². The molecule has 1 unspecified atom stereocenters. The van der Waals surface area contributed by atoms with Gasteiger partial charge in [-0.3, -0.25) is 4.79 Å².